The largest absolute Gasteiger partial charge is 0.381 e. The Hall–Kier alpha value is -14.5. The number of aryl methyl sites for hydroxylation is 8. The predicted octanol–water partition coefficient (Wildman–Crippen LogP) is 17.3. The first kappa shape index (κ1) is 107. The highest BCUT2D eigenvalue weighted by molar-refractivity contribution is 7.13. The summed E-state index contributed by atoms with van der Waals surface area (Å²) in [7, 11) is 2.06. The summed E-state index contributed by atoms with van der Waals surface area (Å²) in [6, 6.07) is 42.2. The van der Waals surface area contributed by atoms with Crippen LogP contribution in [0.1, 0.15) is 203 Å². The van der Waals surface area contributed by atoms with Gasteiger partial charge in [0.15, 0.2) is 0 Å². The Morgan fingerprint density at radius 2 is 0.693 bits per heavy atom. The normalized spacial score (nSPS) is 14.8. The molecular weight excluding hydrogens is 1910 g/mol. The smallest absolute Gasteiger partial charge is 0.253 e. The van der Waals surface area contributed by atoms with Crippen molar-refractivity contribution in [1.29, 1.82) is 0 Å². The number of rotatable bonds is 27. The third-order valence-corrected chi connectivity index (χ3v) is 30.9. The summed E-state index contributed by atoms with van der Waals surface area (Å²) < 4.78 is 36.7. The van der Waals surface area contributed by atoms with Gasteiger partial charge in [-0.05, 0) is 267 Å². The Kier molecular flexibility index (Phi) is 34.2. The van der Waals surface area contributed by atoms with Crippen LogP contribution in [0.15, 0.2) is 183 Å². The number of carbonyl (C=O) groups excluding carboxylic acids is 4. The van der Waals surface area contributed by atoms with E-state index in [-0.39, 0.29) is 72.0 Å². The standard InChI is InChI=1S/C35H43N5O4.C31H36N4O3.C28H33N5O3S.C23H29N5O3/c1-5-39(29-10-14-43-15-11-29)35-25(4)31(33(41)36-21-32-23(2)18-24(3)37-34(32)42)20-30-19-27(22-40(30)35)26-6-8-28(9-7-26)38-12-16-44-17-13-38;1-5-34(25-11-13-38-14-12-25)31-22(4)27(29(36)32-18-28-20(2)15-21(3)33-30(28)37)17-26-16-24(19-35(26)31)23-9-7-6-8-10-23;1-5-32(21-6-9-36-10-7-21)28-19(4)23(14-22-13-20(16-33(22)28)27-29-8-11-37-27)25(34)30-15-24-17(2)12-18(3)31-26(24)35;1-14-9-15(2)26-22(30)20(14)12-25-21(29)19-10-18-11-24-13-28(18)23(16(19)3)27(4)17-5-7-31-8-6-17/h6-9,18-20,22,29H,5,10-17,21H2,1-4H3,(H,36,41)(H,37,42);6-10,15-17,19,25H,5,11-14,18H2,1-4H3,(H,32,36)(H,33,37);8,11-14,16,21H,5-7,9-10,15H2,1-4H3,(H,30,34)(H,31,35);9-11,13,17H,5-8,12H2,1-4H3,(H,25,29)(H,26,30). The molecule has 0 aliphatic carbocycles. The Bertz CT molecular complexity index is 7650. The van der Waals surface area contributed by atoms with Gasteiger partial charge in [-0.25, -0.2) is 9.97 Å². The summed E-state index contributed by atoms with van der Waals surface area (Å²) in [6.45, 7) is 41.9. The highest BCUT2D eigenvalue weighted by atomic mass is 32.1. The van der Waals surface area contributed by atoms with E-state index in [4.69, 9.17) is 23.7 Å². The van der Waals surface area contributed by atoms with Crippen LogP contribution in [-0.2, 0) is 49.9 Å². The number of fused-ring (bicyclic) bond motifs is 4. The average molecular weight is 2050 g/mol. The van der Waals surface area contributed by atoms with Gasteiger partial charge in [0.1, 0.15) is 34.6 Å². The molecule has 0 bridgehead atoms. The zero-order chi connectivity index (χ0) is 106. The fourth-order valence-corrected chi connectivity index (χ4v) is 22.8. The number of nitrogens with zero attached hydrogens (tertiary/aromatic N) is 11. The number of benzene rings is 2. The highest BCUT2D eigenvalue weighted by Crippen LogP contribution is 2.40. The fraction of sp³-hybridized carbons (Fsp3) is 0.402. The van der Waals surface area contributed by atoms with Crippen LogP contribution in [0.25, 0.3) is 54.9 Å². The van der Waals surface area contributed by atoms with E-state index in [1.165, 1.54) is 5.69 Å². The van der Waals surface area contributed by atoms with Gasteiger partial charge >= 0.3 is 0 Å². The van der Waals surface area contributed by atoms with Crippen molar-refractivity contribution in [2.24, 2.45) is 0 Å². The molecule has 4 amide bonds. The lowest BCUT2D eigenvalue weighted by atomic mass is 10.0. The van der Waals surface area contributed by atoms with E-state index in [0.29, 0.717) is 68.7 Å². The molecule has 150 heavy (non-hydrogen) atoms. The number of H-pyrrole nitrogens is 4. The minimum absolute atomic E-state index is 0.161. The number of thiazole rings is 1. The third-order valence-electron chi connectivity index (χ3n) is 30.1. The monoisotopic (exact) mass is 2050 g/mol. The van der Waals surface area contributed by atoms with Gasteiger partial charge in [0.2, 0.25) is 0 Å². The lowest BCUT2D eigenvalue weighted by molar-refractivity contribution is 0.0843. The number of ether oxygens (including phenoxy) is 5. The van der Waals surface area contributed by atoms with Crippen LogP contribution in [0.3, 0.4) is 0 Å². The summed E-state index contributed by atoms with van der Waals surface area (Å²) in [6.07, 6.45) is 19.4. The summed E-state index contributed by atoms with van der Waals surface area (Å²) in [5, 5.41) is 14.9. The molecule has 0 radical (unpaired) electrons. The van der Waals surface area contributed by atoms with Gasteiger partial charge in [0, 0.05) is 302 Å². The van der Waals surface area contributed by atoms with E-state index in [9.17, 15) is 38.4 Å². The van der Waals surface area contributed by atoms with Gasteiger partial charge in [-0.2, -0.15) is 0 Å². The van der Waals surface area contributed by atoms with Crippen LogP contribution in [0.2, 0.25) is 0 Å². The summed E-state index contributed by atoms with van der Waals surface area (Å²) in [4.78, 5) is 136. The number of aromatic nitrogens is 10. The molecule has 8 N–H and O–H groups in total. The molecule has 13 aromatic heterocycles. The molecule has 15 aromatic rings. The lowest BCUT2D eigenvalue weighted by Crippen LogP contribution is -2.41. The number of morpholine rings is 1. The van der Waals surface area contributed by atoms with Crippen molar-refractivity contribution in [3.8, 4) is 32.8 Å². The van der Waals surface area contributed by atoms with Gasteiger partial charge in [-0.15, -0.1) is 11.3 Å². The summed E-state index contributed by atoms with van der Waals surface area (Å²) in [5.41, 5.74) is 24.8. The number of hydrogen-bond donors (Lipinski definition) is 8. The van der Waals surface area contributed by atoms with Crippen molar-refractivity contribution in [2.75, 3.05) is 130 Å². The SMILES string of the molecule is CCN(c1c(C)c(C(=O)NCc2c(C)cc(C)[nH]c2=O)cc2cc(-c3ccc(N4CCOCC4)cc3)cn12)C1CCOCC1.CCN(c1c(C)c(C(=O)NCc2c(C)cc(C)[nH]c2=O)cc2cc(-c3ccccc3)cn12)C1CCOCC1.CCN(c1c(C)c(C(=O)NCc2c(C)cc(C)[nH]c2=O)cc2cc(-c3nccs3)cn12)C1CCOCC1.Cc1cc(C)c(CNC(=O)c2cc3cncn3c(N(C)C3CCOCC3)c2C)c(=O)[nH]1. The highest BCUT2D eigenvalue weighted by Gasteiger charge is 2.34. The van der Waals surface area contributed by atoms with E-state index < -0.39 is 0 Å². The molecule has 18 heterocycles. The number of anilines is 5. The number of aromatic amines is 4. The van der Waals surface area contributed by atoms with Crippen molar-refractivity contribution in [2.45, 2.75) is 206 Å². The molecule has 33 heteroatoms. The molecule has 0 spiro atoms. The number of carbonyl (C=O) groups is 4. The van der Waals surface area contributed by atoms with E-state index in [1.54, 1.807) is 23.9 Å². The second kappa shape index (κ2) is 48.0. The minimum atomic E-state index is -0.206. The Labute approximate surface area is 878 Å². The van der Waals surface area contributed by atoms with Crippen molar-refractivity contribution < 1.29 is 42.9 Å². The predicted molar refractivity (Wildman–Crippen MR) is 595 cm³/mol. The number of nitrogens with one attached hydrogen (secondary N) is 8. The quantitative estimate of drug-likeness (QED) is 0.0237. The van der Waals surface area contributed by atoms with Crippen LogP contribution in [0.5, 0.6) is 0 Å². The van der Waals surface area contributed by atoms with Crippen LogP contribution in [0, 0.1) is 83.1 Å². The van der Waals surface area contributed by atoms with Crippen molar-refractivity contribution in [1.82, 2.24) is 68.8 Å². The zero-order valence-corrected chi connectivity index (χ0v) is 89.9. The average Bonchev–Trinajstić information content (AvgIpc) is 1.58. The van der Waals surface area contributed by atoms with Gasteiger partial charge in [-0.1, -0.05) is 42.5 Å². The van der Waals surface area contributed by atoms with E-state index in [2.05, 4.69) is 190 Å². The van der Waals surface area contributed by atoms with Gasteiger partial charge < -0.3 is 103 Å². The van der Waals surface area contributed by atoms with E-state index >= 15 is 0 Å². The molecule has 20 rings (SSSR count). The van der Waals surface area contributed by atoms with Gasteiger partial charge in [0.05, 0.1) is 24.9 Å². The first-order valence-corrected chi connectivity index (χ1v) is 53.4. The number of hydrogen-bond acceptors (Lipinski definition) is 21. The molecule has 5 aliphatic rings. The van der Waals surface area contributed by atoms with Gasteiger partial charge in [0.25, 0.3) is 45.9 Å². The summed E-state index contributed by atoms with van der Waals surface area (Å²) >= 11 is 1.60. The van der Waals surface area contributed by atoms with Crippen LogP contribution in [-0.4, -0.2) is 201 Å². The summed E-state index contributed by atoms with van der Waals surface area (Å²) in [5.74, 6) is 3.27. The van der Waals surface area contributed by atoms with E-state index in [1.807, 2.05) is 166 Å². The molecular formula is C117H141N19O13S. The van der Waals surface area contributed by atoms with Crippen molar-refractivity contribution in [3.05, 3.63) is 317 Å². The van der Waals surface area contributed by atoms with Crippen LogP contribution in [0.4, 0.5) is 29.0 Å². The van der Waals surface area contributed by atoms with Crippen molar-refractivity contribution in [3.63, 3.8) is 0 Å². The molecule has 0 saturated carbocycles. The molecule has 5 aliphatic heterocycles. The fourth-order valence-electron chi connectivity index (χ4n) is 22.1. The van der Waals surface area contributed by atoms with Crippen LogP contribution >= 0.6 is 11.3 Å². The Balaban J connectivity index is 0.000000137. The first-order valence-electron chi connectivity index (χ1n) is 52.5. The van der Waals surface area contributed by atoms with Crippen LogP contribution < -0.4 is 68.0 Å². The number of pyridine rings is 8. The molecule has 788 valence electrons. The lowest BCUT2D eigenvalue weighted by Gasteiger charge is -2.37. The second-order valence-corrected chi connectivity index (χ2v) is 40.9. The Morgan fingerprint density at radius 3 is 1.03 bits per heavy atom. The maximum absolute atomic E-state index is 13.8. The molecule has 5 fully saturated rings. The zero-order valence-electron chi connectivity index (χ0n) is 89.1. The molecule has 5 saturated heterocycles. The number of amides is 4. The molecule has 2 aromatic carbocycles. The van der Waals surface area contributed by atoms with Crippen molar-refractivity contribution >= 4 is 86.0 Å². The minimum Gasteiger partial charge on any atom is -0.381 e. The first-order chi connectivity index (χ1) is 72.4. The maximum atomic E-state index is 13.8. The molecule has 0 atom stereocenters. The molecule has 32 nitrogen and oxygen atoms in total. The maximum Gasteiger partial charge on any atom is 0.253 e. The molecule has 0 unspecified atom stereocenters. The number of imidazole rings is 1. The second-order valence-electron chi connectivity index (χ2n) is 40.0. The Morgan fingerprint density at radius 1 is 0.373 bits per heavy atom. The topological polar surface area (TPSA) is 354 Å². The van der Waals surface area contributed by atoms with E-state index in [0.717, 1.165) is 296 Å². The van der Waals surface area contributed by atoms with Gasteiger partial charge in [-0.3, -0.25) is 42.8 Å². The third kappa shape index (κ3) is 23.7.